The lowest BCUT2D eigenvalue weighted by molar-refractivity contribution is 0.408. The summed E-state index contributed by atoms with van der Waals surface area (Å²) >= 11 is 5.71. The number of fused-ring (bicyclic) bond motifs is 1. The number of aromatic nitrogens is 4. The van der Waals surface area contributed by atoms with E-state index in [1.807, 2.05) is 0 Å². The molecule has 0 atom stereocenters. The van der Waals surface area contributed by atoms with Gasteiger partial charge in [-0.15, -0.1) is 0 Å². The summed E-state index contributed by atoms with van der Waals surface area (Å²) in [7, 11) is 0. The van der Waals surface area contributed by atoms with Gasteiger partial charge >= 0.3 is 0 Å². The monoisotopic (exact) mass is 281 g/mol. The molecule has 19 heavy (non-hydrogen) atoms. The van der Waals surface area contributed by atoms with Crippen LogP contribution < -0.4 is 5.73 Å². The van der Waals surface area contributed by atoms with Gasteiger partial charge in [-0.3, -0.25) is 0 Å². The van der Waals surface area contributed by atoms with Crippen LogP contribution in [0.3, 0.4) is 0 Å². The normalized spacial score (nSPS) is 11.3. The van der Waals surface area contributed by atoms with Crippen molar-refractivity contribution in [3.05, 3.63) is 35.2 Å². The zero-order valence-electron chi connectivity index (χ0n) is 9.68. The number of hydrogen-bond acceptors (Lipinski definition) is 5. The van der Waals surface area contributed by atoms with E-state index in [2.05, 4.69) is 19.6 Å². The Morgan fingerprint density at radius 2 is 2.26 bits per heavy atom. The van der Waals surface area contributed by atoms with Gasteiger partial charge in [-0.1, -0.05) is 16.8 Å². The molecule has 0 aliphatic heterocycles. The molecule has 2 N–H and O–H groups in total. The van der Waals surface area contributed by atoms with E-state index in [4.69, 9.17) is 17.3 Å². The van der Waals surface area contributed by atoms with E-state index in [1.165, 1.54) is 18.5 Å². The first-order valence-corrected chi connectivity index (χ1v) is 5.89. The lowest BCUT2D eigenvalue weighted by Gasteiger charge is -2.04. The quantitative estimate of drug-likeness (QED) is 0.794. The average molecular weight is 282 g/mol. The number of aryl methyl sites for hydroxylation is 2. The van der Waals surface area contributed by atoms with Gasteiger partial charge in [0.2, 0.25) is 12.3 Å². The summed E-state index contributed by atoms with van der Waals surface area (Å²) in [6, 6.07) is 2.77. The zero-order valence-corrected chi connectivity index (χ0v) is 10.4. The fourth-order valence-corrected chi connectivity index (χ4v) is 2.05. The van der Waals surface area contributed by atoms with Crippen molar-refractivity contribution in [2.45, 2.75) is 13.0 Å². The molecule has 3 rings (SSSR count). The smallest absolute Gasteiger partial charge is 0.213 e. The Kier molecular flexibility index (Phi) is 2.83. The van der Waals surface area contributed by atoms with Crippen LogP contribution in [0.1, 0.15) is 5.82 Å². The molecule has 0 saturated heterocycles. The highest BCUT2D eigenvalue weighted by molar-refractivity contribution is 6.31. The molecule has 0 aliphatic rings. The molecule has 8 heteroatoms. The summed E-state index contributed by atoms with van der Waals surface area (Å²) in [4.78, 5) is 8.05. The summed E-state index contributed by atoms with van der Waals surface area (Å²) in [5.41, 5.74) is 6.95. The third kappa shape index (κ3) is 2.12. The van der Waals surface area contributed by atoms with Crippen molar-refractivity contribution in [1.82, 2.24) is 19.7 Å². The molecule has 0 saturated carbocycles. The van der Waals surface area contributed by atoms with E-state index in [0.29, 0.717) is 35.8 Å². The van der Waals surface area contributed by atoms with Gasteiger partial charge in [0.25, 0.3) is 0 Å². The van der Waals surface area contributed by atoms with Gasteiger partial charge in [-0.25, -0.2) is 9.37 Å². The molecule has 0 fully saturated rings. The van der Waals surface area contributed by atoms with Crippen molar-refractivity contribution < 1.29 is 8.91 Å². The van der Waals surface area contributed by atoms with Crippen LogP contribution in [0, 0.1) is 5.82 Å². The van der Waals surface area contributed by atoms with Gasteiger partial charge in [-0.05, 0) is 6.07 Å². The number of nitrogen functional groups attached to an aromatic ring is 1. The third-order valence-electron chi connectivity index (χ3n) is 2.79. The molecule has 0 bridgehead atoms. The van der Waals surface area contributed by atoms with Gasteiger partial charge in [0, 0.05) is 19.0 Å². The standard InChI is InChI=1S/C11H9ClFN5O/c12-6-3-8-9(4-7(6)13)18(11(14)16-8)2-1-10-15-5-19-17-10/h3-5H,1-2H2,(H2,14,16). The second-order valence-corrected chi connectivity index (χ2v) is 4.38. The van der Waals surface area contributed by atoms with Crippen molar-refractivity contribution in [3.63, 3.8) is 0 Å². The van der Waals surface area contributed by atoms with E-state index in [0.717, 1.165) is 0 Å². The minimum atomic E-state index is -0.505. The predicted molar refractivity (Wildman–Crippen MR) is 67.1 cm³/mol. The fraction of sp³-hybridized carbons (Fsp3) is 0.182. The predicted octanol–water partition coefficient (Wildman–Crippen LogP) is 2.04. The second kappa shape index (κ2) is 4.51. The number of hydrogen-bond donors (Lipinski definition) is 1. The molecular formula is C11H9ClFN5O. The SMILES string of the molecule is Nc1nc2cc(Cl)c(F)cc2n1CCc1ncon1. The van der Waals surface area contributed by atoms with Gasteiger partial charge in [0.05, 0.1) is 16.1 Å². The highest BCUT2D eigenvalue weighted by atomic mass is 35.5. The molecule has 0 radical (unpaired) electrons. The number of benzene rings is 1. The van der Waals surface area contributed by atoms with Crippen molar-refractivity contribution in [2.75, 3.05) is 5.73 Å². The lowest BCUT2D eigenvalue weighted by atomic mass is 10.3. The zero-order chi connectivity index (χ0) is 13.4. The number of nitrogens with zero attached hydrogens (tertiary/aromatic N) is 4. The molecule has 98 valence electrons. The van der Waals surface area contributed by atoms with Crippen molar-refractivity contribution in [2.24, 2.45) is 0 Å². The molecule has 0 spiro atoms. The van der Waals surface area contributed by atoms with Crippen LogP contribution in [0.2, 0.25) is 5.02 Å². The minimum absolute atomic E-state index is 0.0234. The third-order valence-corrected chi connectivity index (χ3v) is 3.08. The summed E-state index contributed by atoms with van der Waals surface area (Å²) in [5, 5.41) is 3.72. The molecule has 0 unspecified atom stereocenters. The van der Waals surface area contributed by atoms with Crippen LogP contribution in [0.15, 0.2) is 23.0 Å². The molecular weight excluding hydrogens is 273 g/mol. The minimum Gasteiger partial charge on any atom is -0.369 e. The van der Waals surface area contributed by atoms with Crippen LogP contribution >= 0.6 is 11.6 Å². The van der Waals surface area contributed by atoms with Crippen molar-refractivity contribution in [3.8, 4) is 0 Å². The van der Waals surface area contributed by atoms with E-state index < -0.39 is 5.82 Å². The van der Waals surface area contributed by atoms with E-state index in [9.17, 15) is 4.39 Å². The molecule has 3 aromatic rings. The van der Waals surface area contributed by atoms with Crippen LogP contribution in [-0.2, 0) is 13.0 Å². The molecule has 6 nitrogen and oxygen atoms in total. The maximum absolute atomic E-state index is 13.5. The first kappa shape index (κ1) is 11.9. The molecule has 0 aliphatic carbocycles. The largest absolute Gasteiger partial charge is 0.369 e. The number of nitrogens with two attached hydrogens (primary N) is 1. The summed E-state index contributed by atoms with van der Waals surface area (Å²) in [6.45, 7) is 0.475. The maximum Gasteiger partial charge on any atom is 0.213 e. The van der Waals surface area contributed by atoms with Gasteiger partial charge in [-0.2, -0.15) is 4.98 Å². The van der Waals surface area contributed by atoms with Gasteiger partial charge in [0.15, 0.2) is 5.82 Å². The summed E-state index contributed by atoms with van der Waals surface area (Å²) in [5.74, 6) is 0.339. The van der Waals surface area contributed by atoms with Crippen molar-refractivity contribution >= 4 is 28.6 Å². The Labute approximate surface area is 112 Å². The Morgan fingerprint density at radius 1 is 1.42 bits per heavy atom. The fourth-order valence-electron chi connectivity index (χ4n) is 1.89. The maximum atomic E-state index is 13.5. The molecule has 1 aromatic carbocycles. The van der Waals surface area contributed by atoms with Crippen LogP contribution in [-0.4, -0.2) is 19.7 Å². The van der Waals surface area contributed by atoms with E-state index in [1.54, 1.807) is 4.57 Å². The second-order valence-electron chi connectivity index (χ2n) is 3.97. The highest BCUT2D eigenvalue weighted by Crippen LogP contribution is 2.24. The number of halogens is 2. The Bertz CT molecular complexity index is 724. The van der Waals surface area contributed by atoms with Gasteiger partial charge in [0.1, 0.15) is 5.82 Å². The van der Waals surface area contributed by atoms with Gasteiger partial charge < -0.3 is 14.8 Å². The molecule has 0 amide bonds. The molecule has 2 aromatic heterocycles. The first-order chi connectivity index (χ1) is 9.15. The van der Waals surface area contributed by atoms with Crippen molar-refractivity contribution in [1.29, 1.82) is 0 Å². The number of anilines is 1. The number of imidazole rings is 1. The van der Waals surface area contributed by atoms with Crippen LogP contribution in [0.5, 0.6) is 0 Å². The number of rotatable bonds is 3. The Morgan fingerprint density at radius 3 is 3.00 bits per heavy atom. The van der Waals surface area contributed by atoms with Crippen LogP contribution in [0.25, 0.3) is 11.0 Å². The average Bonchev–Trinajstić information content (AvgIpc) is 2.96. The summed E-state index contributed by atoms with van der Waals surface area (Å²) < 4.78 is 19.8. The Hall–Kier alpha value is -2.15. The van der Waals surface area contributed by atoms with E-state index in [-0.39, 0.29) is 5.02 Å². The topological polar surface area (TPSA) is 82.8 Å². The van der Waals surface area contributed by atoms with Crippen LogP contribution in [0.4, 0.5) is 10.3 Å². The van der Waals surface area contributed by atoms with E-state index >= 15 is 0 Å². The Balaban J connectivity index is 1.98. The summed E-state index contributed by atoms with van der Waals surface area (Å²) in [6.07, 6.45) is 1.76. The lowest BCUT2D eigenvalue weighted by Crippen LogP contribution is -2.06. The first-order valence-electron chi connectivity index (χ1n) is 5.51. The highest BCUT2D eigenvalue weighted by Gasteiger charge is 2.12. The molecule has 2 heterocycles.